The van der Waals surface area contributed by atoms with Gasteiger partial charge < -0.3 is 84.4 Å². The van der Waals surface area contributed by atoms with E-state index < -0.39 is 108 Å². The van der Waals surface area contributed by atoms with Crippen LogP contribution in [0.1, 0.15) is 103 Å². The summed E-state index contributed by atoms with van der Waals surface area (Å²) in [5.74, 6) is -7.55. The highest BCUT2D eigenvalue weighted by molar-refractivity contribution is 5.99. The van der Waals surface area contributed by atoms with Gasteiger partial charge in [0.25, 0.3) is 0 Å². The molecule has 4 aromatic rings. The fourth-order valence-electron chi connectivity index (χ4n) is 10.5. The summed E-state index contributed by atoms with van der Waals surface area (Å²) in [6.07, 6.45) is 5.80. The summed E-state index contributed by atoms with van der Waals surface area (Å²) >= 11 is 0. The van der Waals surface area contributed by atoms with Crippen LogP contribution < -0.4 is 59.3 Å². The topological polar surface area (TPSA) is 432 Å². The van der Waals surface area contributed by atoms with Crippen molar-refractivity contribution in [3.8, 4) is 5.75 Å². The van der Waals surface area contributed by atoms with Gasteiger partial charge >= 0.3 is 0 Å². The highest BCUT2D eigenvalue weighted by Gasteiger charge is 2.40. The number of likely N-dealkylation sites (tertiary alicyclic amines) is 1. The highest BCUT2D eigenvalue weighted by atomic mass is 16.3. The third-order valence-corrected chi connectivity index (χ3v) is 14.9. The molecule has 0 unspecified atom stereocenters. The Morgan fingerprint density at radius 1 is 0.701 bits per heavy atom. The molecule has 87 heavy (non-hydrogen) atoms. The van der Waals surface area contributed by atoms with Crippen LogP contribution in [0.2, 0.25) is 0 Å². The number of H-pyrrole nitrogens is 2. The van der Waals surface area contributed by atoms with E-state index in [2.05, 4.69) is 67.8 Å². The lowest BCUT2D eigenvalue weighted by Gasteiger charge is -2.31. The van der Waals surface area contributed by atoms with Crippen LogP contribution in [-0.4, -0.2) is 176 Å². The van der Waals surface area contributed by atoms with Gasteiger partial charge in [0.2, 0.25) is 59.1 Å². The second-order valence-electron chi connectivity index (χ2n) is 22.8. The summed E-state index contributed by atoms with van der Waals surface area (Å²) in [7, 11) is 0. The minimum atomic E-state index is -1.75. The number of nitrogens with zero attached hydrogens (tertiary/aromatic N) is 3. The van der Waals surface area contributed by atoms with Gasteiger partial charge in [0.15, 0.2) is 5.96 Å². The SMILES string of the molecule is CCNC(=O)[C@H]1CCCN1C(=O)[C@@H](CCCN=C(N)N)NC(=O)[C@@H](CC(C)C)NC(=O)[C@H](CC(C)C)NC(=O)[C@@H](Cc1ccc(O)cc1)NC(=O)[C@H](CO)NC(=O)[C@H](Cc1c[nH]c2ccccc12)NC(=O)[C@@H](Cc1cnc[nH]1)NC(=O)[C@@H]1CCC(=O)N1. The Bertz CT molecular complexity index is 3050. The summed E-state index contributed by atoms with van der Waals surface area (Å²) in [5.41, 5.74) is 13.3. The number of aromatic nitrogens is 3. The summed E-state index contributed by atoms with van der Waals surface area (Å²) in [6.45, 7) is 8.82. The number of carbonyl (C=O) groups excluding carboxylic acids is 10. The van der Waals surface area contributed by atoms with Gasteiger partial charge in [-0.3, -0.25) is 52.9 Å². The molecule has 4 heterocycles. The summed E-state index contributed by atoms with van der Waals surface area (Å²) in [4.78, 5) is 155. The number of benzene rings is 2. The van der Waals surface area contributed by atoms with Crippen LogP contribution >= 0.6 is 0 Å². The Hall–Kier alpha value is -9.08. The number of guanidine groups is 1. The predicted molar refractivity (Wildman–Crippen MR) is 320 cm³/mol. The number of likely N-dealkylation sites (N-methyl/N-ethyl adjacent to an activating group) is 1. The first-order chi connectivity index (χ1) is 41.5. The van der Waals surface area contributed by atoms with Gasteiger partial charge in [-0.1, -0.05) is 58.0 Å². The number of nitrogens with one attached hydrogen (secondary N) is 11. The van der Waals surface area contributed by atoms with Gasteiger partial charge in [-0.2, -0.15) is 0 Å². The van der Waals surface area contributed by atoms with E-state index in [0.29, 0.717) is 41.6 Å². The maximum atomic E-state index is 14.7. The zero-order valence-corrected chi connectivity index (χ0v) is 49.8. The number of amides is 10. The highest BCUT2D eigenvalue weighted by Crippen LogP contribution is 2.22. The molecule has 0 bridgehead atoms. The van der Waals surface area contributed by atoms with Gasteiger partial charge in [0, 0.05) is 74.3 Å². The average molecular weight is 1210 g/mol. The third kappa shape index (κ3) is 20.0. The number of carbonyl (C=O) groups is 10. The molecule has 9 atom stereocenters. The van der Waals surface area contributed by atoms with Crippen LogP contribution in [0.25, 0.3) is 10.9 Å². The molecule has 2 aromatic heterocycles. The van der Waals surface area contributed by atoms with Crippen molar-refractivity contribution in [2.75, 3.05) is 26.2 Å². The number of nitrogens with two attached hydrogens (primary N) is 2. The molecule has 2 aliphatic rings. The maximum absolute atomic E-state index is 14.7. The molecule has 2 aromatic carbocycles. The van der Waals surface area contributed by atoms with Crippen molar-refractivity contribution in [3.63, 3.8) is 0 Å². The Labute approximate surface area is 504 Å². The van der Waals surface area contributed by atoms with E-state index in [4.69, 9.17) is 11.5 Å². The summed E-state index contributed by atoms with van der Waals surface area (Å²) in [6, 6.07) is 1.58. The van der Waals surface area contributed by atoms with Crippen molar-refractivity contribution in [2.24, 2.45) is 28.3 Å². The Morgan fingerprint density at radius 3 is 1.85 bits per heavy atom. The smallest absolute Gasteiger partial charge is 0.245 e. The molecule has 28 nitrogen and oxygen atoms in total. The number of aromatic hydroxyl groups is 1. The van der Waals surface area contributed by atoms with Crippen LogP contribution in [0, 0.1) is 11.8 Å². The lowest BCUT2D eigenvalue weighted by Crippen LogP contribution is -2.61. The molecule has 17 N–H and O–H groups in total. The Kier molecular flexibility index (Phi) is 25.0. The van der Waals surface area contributed by atoms with Crippen molar-refractivity contribution in [1.82, 2.24) is 67.7 Å². The molecular formula is C59H84N16O12. The molecule has 6 rings (SSSR count). The summed E-state index contributed by atoms with van der Waals surface area (Å²) < 4.78 is 0. The van der Waals surface area contributed by atoms with Crippen molar-refractivity contribution < 1.29 is 58.2 Å². The van der Waals surface area contributed by atoms with E-state index in [1.54, 1.807) is 45.2 Å². The zero-order chi connectivity index (χ0) is 63.3. The van der Waals surface area contributed by atoms with Gasteiger partial charge in [-0.05, 0) is 93.0 Å². The average Bonchev–Trinajstić information content (AvgIpc) is 2.39. The maximum Gasteiger partial charge on any atom is 0.245 e. The number of aliphatic hydroxyl groups excluding tert-OH is 1. The number of aliphatic imine (C=N–C) groups is 1. The van der Waals surface area contributed by atoms with Crippen LogP contribution in [-0.2, 0) is 67.2 Å². The third-order valence-electron chi connectivity index (χ3n) is 14.9. The Morgan fingerprint density at radius 2 is 1.28 bits per heavy atom. The van der Waals surface area contributed by atoms with E-state index in [0.717, 1.165) is 5.52 Å². The van der Waals surface area contributed by atoms with Gasteiger partial charge in [0.1, 0.15) is 60.1 Å². The predicted octanol–water partition coefficient (Wildman–Crippen LogP) is -1.44. The number of aromatic amines is 2. The summed E-state index contributed by atoms with van der Waals surface area (Å²) in [5, 5.41) is 45.9. The van der Waals surface area contributed by atoms with Crippen LogP contribution in [0.3, 0.4) is 0 Å². The quantitative estimate of drug-likeness (QED) is 0.0151. The molecule has 2 saturated heterocycles. The number of hydrogen-bond acceptors (Lipinski definition) is 14. The van der Waals surface area contributed by atoms with Crippen molar-refractivity contribution in [1.29, 1.82) is 0 Å². The molecule has 472 valence electrons. The Balaban J connectivity index is 1.22. The van der Waals surface area contributed by atoms with Crippen LogP contribution in [0.4, 0.5) is 0 Å². The molecule has 0 radical (unpaired) electrons. The molecule has 10 amide bonds. The first-order valence-electron chi connectivity index (χ1n) is 29.5. The van der Waals surface area contributed by atoms with Gasteiger partial charge in [-0.25, -0.2) is 4.98 Å². The second kappa shape index (κ2) is 32.4. The fourth-order valence-corrected chi connectivity index (χ4v) is 10.5. The lowest BCUT2D eigenvalue weighted by atomic mass is 9.98. The van der Waals surface area contributed by atoms with Crippen molar-refractivity contribution >= 4 is 75.9 Å². The first-order valence-corrected chi connectivity index (χ1v) is 29.5. The minimum absolute atomic E-state index is 0.0397. The van der Waals surface area contributed by atoms with E-state index in [1.165, 1.54) is 41.7 Å². The second-order valence-corrected chi connectivity index (χ2v) is 22.8. The van der Waals surface area contributed by atoms with Crippen molar-refractivity contribution in [3.05, 3.63) is 84.1 Å². The molecule has 0 aliphatic carbocycles. The van der Waals surface area contributed by atoms with Gasteiger partial charge in [-0.15, -0.1) is 0 Å². The minimum Gasteiger partial charge on any atom is -0.508 e. The molecule has 2 fully saturated rings. The molecule has 2 aliphatic heterocycles. The normalized spacial score (nSPS) is 17.1. The molecular weight excluding hydrogens is 1120 g/mol. The van der Waals surface area contributed by atoms with E-state index in [1.807, 2.05) is 19.9 Å². The largest absolute Gasteiger partial charge is 0.508 e. The number of phenolic OH excluding ortho intramolecular Hbond substituents is 1. The van der Waals surface area contributed by atoms with Crippen LogP contribution in [0.15, 0.2) is 72.2 Å². The fraction of sp³-hybridized carbons (Fsp3) is 0.525. The molecule has 0 saturated carbocycles. The number of fused-ring (bicyclic) bond motifs is 1. The van der Waals surface area contributed by atoms with E-state index >= 15 is 0 Å². The van der Waals surface area contributed by atoms with E-state index in [9.17, 15) is 58.2 Å². The number of aliphatic hydroxyl groups is 1. The van der Waals surface area contributed by atoms with E-state index in [-0.39, 0.29) is 106 Å². The standard InChI is InChI=1S/C59H84N16O12/c1-6-63-57(86)48-14-10-22-75(48)58(87)41(13-9-21-64-59(60)61)68-51(80)42(23-32(2)3)69-52(81)43(24-33(4)5)70-53(82)44(25-34-15-17-37(77)18-16-34)71-56(85)47(30-76)74-54(83)45(26-35-28-65-39-12-8-7-11-38(35)39)72-55(84)46(27-36-29-62-31-66-36)73-50(79)40-19-20-49(78)67-40/h7-8,11-12,15-18,28-29,31-33,40-48,65,76-77H,6,9-10,13-14,19-27,30H2,1-5H3,(H,62,66)(H,63,86)(H,67,78)(H,68,80)(H,69,81)(H,70,82)(H,71,85)(H,72,84)(H,73,79)(H,74,83)(H4,60,61,64)/t40-,41+,42+,43-,44+,45-,46+,47-,48+/m0/s1. The van der Waals surface area contributed by atoms with Gasteiger partial charge in [0.05, 0.1) is 12.9 Å². The number of hydrogen-bond donors (Lipinski definition) is 15. The number of imidazole rings is 1. The first kappa shape index (κ1) is 67.1. The number of para-hydroxylation sites is 1. The van der Waals surface area contributed by atoms with Crippen molar-refractivity contribution in [2.45, 2.75) is 160 Å². The number of phenols is 1. The monoisotopic (exact) mass is 1210 g/mol. The number of rotatable bonds is 32. The zero-order valence-electron chi connectivity index (χ0n) is 49.8. The lowest BCUT2D eigenvalue weighted by molar-refractivity contribution is -0.142. The molecule has 28 heteroatoms. The molecule has 0 spiro atoms. The van der Waals surface area contributed by atoms with Crippen LogP contribution in [0.5, 0.6) is 5.75 Å².